The molecular weight excluding hydrogens is 406 g/mol. The summed E-state index contributed by atoms with van der Waals surface area (Å²) >= 11 is 1.43. The van der Waals surface area contributed by atoms with Crippen molar-refractivity contribution >= 4 is 44.0 Å². The highest BCUT2D eigenvalue weighted by molar-refractivity contribution is 7.22. The van der Waals surface area contributed by atoms with E-state index in [1.807, 2.05) is 25.1 Å². The van der Waals surface area contributed by atoms with Gasteiger partial charge in [-0.25, -0.2) is 15.0 Å². The monoisotopic (exact) mass is 429 g/mol. The normalized spacial score (nSPS) is 14.7. The number of ether oxygens (including phenoxy) is 1. The zero-order chi connectivity index (χ0) is 20.9. The number of hydrogen-bond acceptors (Lipinski definition) is 10. The number of nitrogens with one attached hydrogen (secondary N) is 2. The number of anilines is 3. The molecule has 0 radical (unpaired) electrons. The Bertz CT molecular complexity index is 1040. The summed E-state index contributed by atoms with van der Waals surface area (Å²) in [6.07, 6.45) is 2.17. The number of morpholine rings is 1. The minimum atomic E-state index is -0.467. The molecule has 3 aromatic rings. The number of aromatic nitrogens is 3. The largest absolute Gasteiger partial charge is 0.379 e. The fourth-order valence-electron chi connectivity index (χ4n) is 3.35. The molecule has 1 fully saturated rings. The van der Waals surface area contributed by atoms with Crippen molar-refractivity contribution in [3.8, 4) is 0 Å². The Labute approximate surface area is 177 Å². The van der Waals surface area contributed by atoms with Gasteiger partial charge in [0.25, 0.3) is 0 Å². The molecule has 0 saturated carbocycles. The van der Waals surface area contributed by atoms with Crippen LogP contribution >= 0.6 is 11.3 Å². The molecule has 2 N–H and O–H groups in total. The topological polar surface area (TPSA) is 118 Å². The molecule has 0 bridgehead atoms. The molecule has 158 valence electrons. The van der Waals surface area contributed by atoms with Crippen LogP contribution in [0.3, 0.4) is 0 Å². The summed E-state index contributed by atoms with van der Waals surface area (Å²) in [7, 11) is 0. The zero-order valence-corrected chi connectivity index (χ0v) is 17.4. The van der Waals surface area contributed by atoms with Crippen molar-refractivity contribution in [1.29, 1.82) is 0 Å². The molecular formula is C19H23N7O3S. The second-order valence-corrected chi connectivity index (χ2v) is 8.01. The van der Waals surface area contributed by atoms with Crippen LogP contribution in [0.1, 0.15) is 12.0 Å². The highest BCUT2D eigenvalue weighted by atomic mass is 32.1. The maximum Gasteiger partial charge on any atom is 0.353 e. The molecule has 1 saturated heterocycles. The van der Waals surface area contributed by atoms with Gasteiger partial charge in [0.05, 0.1) is 28.4 Å². The molecule has 0 aliphatic carbocycles. The number of nitro groups is 1. The van der Waals surface area contributed by atoms with Crippen molar-refractivity contribution in [3.63, 3.8) is 0 Å². The number of rotatable bonds is 8. The maximum atomic E-state index is 11.7. The van der Waals surface area contributed by atoms with Crippen molar-refractivity contribution in [1.82, 2.24) is 19.9 Å². The molecule has 11 heteroatoms. The molecule has 1 aromatic carbocycles. The van der Waals surface area contributed by atoms with Crippen LogP contribution in [0.25, 0.3) is 10.2 Å². The number of para-hydroxylation sites is 1. The van der Waals surface area contributed by atoms with E-state index in [9.17, 15) is 10.1 Å². The van der Waals surface area contributed by atoms with Gasteiger partial charge < -0.3 is 15.4 Å². The lowest BCUT2D eigenvalue weighted by atomic mass is 10.2. The van der Waals surface area contributed by atoms with Crippen LogP contribution in [0.5, 0.6) is 0 Å². The van der Waals surface area contributed by atoms with Gasteiger partial charge in [0, 0.05) is 19.6 Å². The predicted molar refractivity (Wildman–Crippen MR) is 117 cm³/mol. The first-order chi connectivity index (χ1) is 14.6. The number of nitrogens with zero attached hydrogens (tertiary/aromatic N) is 5. The van der Waals surface area contributed by atoms with E-state index in [1.165, 1.54) is 17.7 Å². The fraction of sp³-hybridized carbons (Fsp3) is 0.421. The Kier molecular flexibility index (Phi) is 6.31. The van der Waals surface area contributed by atoms with Gasteiger partial charge in [-0.1, -0.05) is 23.5 Å². The van der Waals surface area contributed by atoms with Gasteiger partial charge in [0.2, 0.25) is 11.6 Å². The van der Waals surface area contributed by atoms with E-state index in [0.717, 1.165) is 55.0 Å². The van der Waals surface area contributed by atoms with E-state index >= 15 is 0 Å². The van der Waals surface area contributed by atoms with Crippen LogP contribution in [0.4, 0.5) is 22.5 Å². The van der Waals surface area contributed by atoms with Crippen molar-refractivity contribution in [2.75, 3.05) is 50.0 Å². The molecule has 0 amide bonds. The summed E-state index contributed by atoms with van der Waals surface area (Å²) in [4.78, 5) is 26.3. The van der Waals surface area contributed by atoms with Crippen LogP contribution in [0.15, 0.2) is 24.5 Å². The van der Waals surface area contributed by atoms with Crippen molar-refractivity contribution < 1.29 is 9.66 Å². The summed E-state index contributed by atoms with van der Waals surface area (Å²) in [6, 6.07) is 5.92. The van der Waals surface area contributed by atoms with Crippen LogP contribution in [-0.4, -0.2) is 64.2 Å². The van der Waals surface area contributed by atoms with E-state index in [-0.39, 0.29) is 17.3 Å². The van der Waals surface area contributed by atoms with Gasteiger partial charge in [0.15, 0.2) is 5.13 Å². The first kappa shape index (κ1) is 20.4. The lowest BCUT2D eigenvalue weighted by Crippen LogP contribution is -2.37. The van der Waals surface area contributed by atoms with E-state index in [1.54, 1.807) is 0 Å². The summed E-state index contributed by atoms with van der Waals surface area (Å²) in [5.41, 5.74) is 1.75. The number of thiazole rings is 1. The highest BCUT2D eigenvalue weighted by Gasteiger charge is 2.24. The second kappa shape index (κ2) is 9.28. The van der Waals surface area contributed by atoms with E-state index in [2.05, 4.69) is 30.5 Å². The third kappa shape index (κ3) is 4.64. The Balaban J connectivity index is 1.46. The minimum Gasteiger partial charge on any atom is -0.379 e. The number of fused-ring (bicyclic) bond motifs is 1. The van der Waals surface area contributed by atoms with Gasteiger partial charge >= 0.3 is 5.69 Å². The fourth-order valence-corrected chi connectivity index (χ4v) is 4.29. The first-order valence-electron chi connectivity index (χ1n) is 9.78. The van der Waals surface area contributed by atoms with Gasteiger partial charge in [-0.3, -0.25) is 15.0 Å². The third-order valence-corrected chi connectivity index (χ3v) is 5.83. The summed E-state index contributed by atoms with van der Waals surface area (Å²) in [5, 5.41) is 18.4. The Morgan fingerprint density at radius 3 is 2.83 bits per heavy atom. The van der Waals surface area contributed by atoms with E-state index in [4.69, 9.17) is 4.74 Å². The SMILES string of the molecule is Cc1cccc2sc(Nc3ncnc(NCCCN4CCOCC4)c3[N+](=O)[O-])nc12. The van der Waals surface area contributed by atoms with Crippen molar-refractivity contribution in [2.45, 2.75) is 13.3 Å². The third-order valence-electron chi connectivity index (χ3n) is 4.90. The molecule has 2 aromatic heterocycles. The number of benzene rings is 1. The molecule has 0 atom stereocenters. The molecule has 4 rings (SSSR count). The molecule has 0 unspecified atom stereocenters. The smallest absolute Gasteiger partial charge is 0.353 e. The molecule has 0 spiro atoms. The molecule has 30 heavy (non-hydrogen) atoms. The second-order valence-electron chi connectivity index (χ2n) is 6.98. The molecule has 1 aliphatic heterocycles. The molecule has 10 nitrogen and oxygen atoms in total. The quantitative estimate of drug-likeness (QED) is 0.316. The van der Waals surface area contributed by atoms with Crippen molar-refractivity contribution in [3.05, 3.63) is 40.2 Å². The Hall–Kier alpha value is -2.89. The van der Waals surface area contributed by atoms with Crippen LogP contribution in [0.2, 0.25) is 0 Å². The van der Waals surface area contributed by atoms with Gasteiger partial charge in [-0.15, -0.1) is 0 Å². The van der Waals surface area contributed by atoms with Gasteiger partial charge in [0.1, 0.15) is 6.33 Å². The van der Waals surface area contributed by atoms with E-state index < -0.39 is 4.92 Å². The molecule has 3 heterocycles. The molecule has 1 aliphatic rings. The minimum absolute atomic E-state index is 0.127. The number of hydrogen-bond donors (Lipinski definition) is 2. The number of aryl methyl sites for hydroxylation is 1. The summed E-state index contributed by atoms with van der Waals surface area (Å²) < 4.78 is 6.35. The van der Waals surface area contributed by atoms with Crippen molar-refractivity contribution in [2.24, 2.45) is 0 Å². The first-order valence-corrected chi connectivity index (χ1v) is 10.6. The predicted octanol–water partition coefficient (Wildman–Crippen LogP) is 3.18. The lowest BCUT2D eigenvalue weighted by Gasteiger charge is -2.26. The van der Waals surface area contributed by atoms with Crippen LogP contribution in [-0.2, 0) is 4.74 Å². The standard InChI is InChI=1S/C19H23N7O3S/c1-13-4-2-5-14-15(13)23-19(30-14)24-18-16(26(27)28)17(21-12-22-18)20-6-3-7-25-8-10-29-11-9-25/h2,4-5,12H,3,6-11H2,1H3,(H2,20,21,22,23,24). The van der Waals surface area contributed by atoms with E-state index in [0.29, 0.717) is 11.7 Å². The average molecular weight is 430 g/mol. The van der Waals surface area contributed by atoms with Gasteiger partial charge in [-0.05, 0) is 31.5 Å². The highest BCUT2D eigenvalue weighted by Crippen LogP contribution is 2.34. The summed E-state index contributed by atoms with van der Waals surface area (Å²) in [5.74, 6) is 0.333. The van der Waals surface area contributed by atoms with Gasteiger partial charge in [-0.2, -0.15) is 0 Å². The Morgan fingerprint density at radius 2 is 2.07 bits per heavy atom. The van der Waals surface area contributed by atoms with Crippen LogP contribution in [0, 0.1) is 17.0 Å². The maximum absolute atomic E-state index is 11.7. The van der Waals surface area contributed by atoms with Crippen LogP contribution < -0.4 is 10.6 Å². The summed E-state index contributed by atoms with van der Waals surface area (Å²) in [6.45, 7) is 6.82. The zero-order valence-electron chi connectivity index (χ0n) is 16.6. The average Bonchev–Trinajstić information content (AvgIpc) is 3.16. The Morgan fingerprint density at radius 1 is 1.27 bits per heavy atom. The lowest BCUT2D eigenvalue weighted by molar-refractivity contribution is -0.383.